The quantitative estimate of drug-likeness (QED) is 0.770. The number of hydrogen-bond acceptors (Lipinski definition) is 6. The second-order valence-electron chi connectivity index (χ2n) is 6.52. The largest absolute Gasteiger partial charge is 0.368 e. The smallest absolute Gasteiger partial charge is 0.262 e. The third kappa shape index (κ3) is 3.24. The van der Waals surface area contributed by atoms with Crippen molar-refractivity contribution in [2.45, 2.75) is 25.5 Å². The zero-order chi connectivity index (χ0) is 18.1. The molecule has 0 aromatic carbocycles. The molecule has 2 aliphatic heterocycles. The van der Waals surface area contributed by atoms with Gasteiger partial charge >= 0.3 is 0 Å². The first-order valence-electron chi connectivity index (χ1n) is 8.74. The van der Waals surface area contributed by atoms with Gasteiger partial charge in [-0.3, -0.25) is 19.0 Å². The lowest BCUT2D eigenvalue weighted by Gasteiger charge is -2.35. The summed E-state index contributed by atoms with van der Waals surface area (Å²) < 4.78 is 6.80. The fraction of sp³-hybridized carbons (Fsp3) is 0.529. The number of nitrogens with zero attached hydrogens (tertiary/aromatic N) is 4. The zero-order valence-corrected chi connectivity index (χ0v) is 15.1. The lowest BCUT2D eigenvalue weighted by atomic mass is 10.2. The molecule has 138 valence electrons. The van der Waals surface area contributed by atoms with E-state index in [0.29, 0.717) is 43.0 Å². The van der Waals surface area contributed by atoms with Crippen LogP contribution < -0.4 is 5.56 Å². The van der Waals surface area contributed by atoms with Crippen LogP contribution in [0.4, 0.5) is 0 Å². The molecule has 0 spiro atoms. The number of thiophene rings is 1. The highest BCUT2D eigenvalue weighted by atomic mass is 32.1. The summed E-state index contributed by atoms with van der Waals surface area (Å²) in [5.74, 6) is -0.106. The number of amides is 2. The summed E-state index contributed by atoms with van der Waals surface area (Å²) in [6, 6.07) is 1.73. The lowest BCUT2D eigenvalue weighted by Crippen LogP contribution is -2.53. The van der Waals surface area contributed by atoms with Gasteiger partial charge in [-0.15, -0.1) is 11.3 Å². The number of aromatic nitrogens is 2. The summed E-state index contributed by atoms with van der Waals surface area (Å²) in [6.45, 7) is 2.56. The maximum absolute atomic E-state index is 12.5. The molecule has 0 bridgehead atoms. The minimum absolute atomic E-state index is 0.0259. The first-order valence-corrected chi connectivity index (χ1v) is 9.62. The molecule has 4 rings (SSSR count). The Kier molecular flexibility index (Phi) is 4.73. The van der Waals surface area contributed by atoms with Crippen molar-refractivity contribution in [3.8, 4) is 0 Å². The molecular weight excluding hydrogens is 356 g/mol. The molecule has 2 fully saturated rings. The number of carbonyl (C=O) groups is 2. The van der Waals surface area contributed by atoms with Crippen LogP contribution in [-0.4, -0.2) is 70.1 Å². The van der Waals surface area contributed by atoms with Crippen LogP contribution in [0.3, 0.4) is 0 Å². The van der Waals surface area contributed by atoms with Gasteiger partial charge in [0, 0.05) is 32.8 Å². The molecule has 2 amide bonds. The molecule has 0 N–H and O–H groups in total. The predicted octanol–water partition coefficient (Wildman–Crippen LogP) is 0.308. The normalized spacial score (nSPS) is 20.7. The Morgan fingerprint density at radius 3 is 2.73 bits per heavy atom. The fourth-order valence-electron chi connectivity index (χ4n) is 3.40. The number of rotatable bonds is 3. The number of fused-ring (bicyclic) bond motifs is 1. The summed E-state index contributed by atoms with van der Waals surface area (Å²) in [5.41, 5.74) is -0.197. The van der Waals surface area contributed by atoms with E-state index >= 15 is 0 Å². The highest BCUT2D eigenvalue weighted by Crippen LogP contribution is 2.16. The van der Waals surface area contributed by atoms with Gasteiger partial charge in [0.1, 0.15) is 17.5 Å². The molecule has 2 aromatic heterocycles. The average Bonchev–Trinajstić information content (AvgIpc) is 3.35. The third-order valence-electron chi connectivity index (χ3n) is 4.91. The molecule has 0 saturated carbocycles. The van der Waals surface area contributed by atoms with Gasteiger partial charge in [0.05, 0.1) is 11.7 Å². The van der Waals surface area contributed by atoms with Crippen LogP contribution in [-0.2, 0) is 20.9 Å². The van der Waals surface area contributed by atoms with Crippen molar-refractivity contribution in [2.24, 2.45) is 0 Å². The second-order valence-corrected chi connectivity index (χ2v) is 7.42. The van der Waals surface area contributed by atoms with Crippen molar-refractivity contribution in [3.05, 3.63) is 28.1 Å². The molecule has 9 heteroatoms. The zero-order valence-electron chi connectivity index (χ0n) is 14.3. The van der Waals surface area contributed by atoms with Crippen LogP contribution >= 0.6 is 11.3 Å². The standard InChI is InChI=1S/C17H20N4O4S/c22-14(10-21-11-18-15-12(16(21)23)3-9-26-15)19-4-6-20(7-5-19)17(24)13-2-1-8-25-13/h3,9,11,13H,1-2,4-8,10H2/t13-/m0/s1. The molecule has 2 saturated heterocycles. The summed E-state index contributed by atoms with van der Waals surface area (Å²) in [5, 5.41) is 2.35. The Morgan fingerprint density at radius 1 is 1.23 bits per heavy atom. The summed E-state index contributed by atoms with van der Waals surface area (Å²) in [7, 11) is 0. The molecule has 26 heavy (non-hydrogen) atoms. The van der Waals surface area contributed by atoms with Crippen LogP contribution in [0.1, 0.15) is 12.8 Å². The second kappa shape index (κ2) is 7.16. The van der Waals surface area contributed by atoms with E-state index in [9.17, 15) is 14.4 Å². The Hall–Kier alpha value is -2.26. The number of carbonyl (C=O) groups excluding carboxylic acids is 2. The van der Waals surface area contributed by atoms with Crippen molar-refractivity contribution in [2.75, 3.05) is 32.8 Å². The maximum Gasteiger partial charge on any atom is 0.262 e. The molecule has 0 radical (unpaired) electrons. The van der Waals surface area contributed by atoms with Gasteiger partial charge in [-0.05, 0) is 24.3 Å². The summed E-state index contributed by atoms with van der Waals surface area (Å²) in [4.78, 5) is 45.7. The molecular formula is C17H20N4O4S. The van der Waals surface area contributed by atoms with E-state index < -0.39 is 0 Å². The molecule has 1 atom stereocenters. The van der Waals surface area contributed by atoms with E-state index in [-0.39, 0.29) is 30.0 Å². The van der Waals surface area contributed by atoms with Crippen molar-refractivity contribution in [1.29, 1.82) is 0 Å². The average molecular weight is 376 g/mol. The minimum atomic E-state index is -0.320. The molecule has 0 aliphatic carbocycles. The van der Waals surface area contributed by atoms with E-state index in [2.05, 4.69) is 4.98 Å². The Bertz CT molecular complexity index is 878. The third-order valence-corrected chi connectivity index (χ3v) is 5.73. The van der Waals surface area contributed by atoms with E-state index in [4.69, 9.17) is 4.74 Å². The first kappa shape index (κ1) is 17.2. The topological polar surface area (TPSA) is 84.7 Å². The van der Waals surface area contributed by atoms with Crippen molar-refractivity contribution in [1.82, 2.24) is 19.4 Å². The molecule has 8 nitrogen and oxygen atoms in total. The van der Waals surface area contributed by atoms with Gasteiger partial charge in [0.15, 0.2) is 0 Å². The van der Waals surface area contributed by atoms with Gasteiger partial charge in [-0.25, -0.2) is 4.98 Å². The minimum Gasteiger partial charge on any atom is -0.368 e. The van der Waals surface area contributed by atoms with E-state index in [1.807, 2.05) is 5.38 Å². The van der Waals surface area contributed by atoms with Crippen LogP contribution in [0.5, 0.6) is 0 Å². The summed E-state index contributed by atoms with van der Waals surface area (Å²) in [6.07, 6.45) is 2.81. The van der Waals surface area contributed by atoms with Crippen molar-refractivity contribution < 1.29 is 14.3 Å². The molecule has 2 aliphatic rings. The first-order chi connectivity index (χ1) is 12.6. The Labute approximate surface area is 154 Å². The number of piperazine rings is 1. The van der Waals surface area contributed by atoms with Crippen molar-refractivity contribution >= 4 is 33.4 Å². The van der Waals surface area contributed by atoms with Crippen LogP contribution in [0.2, 0.25) is 0 Å². The molecule has 4 heterocycles. The summed E-state index contributed by atoms with van der Waals surface area (Å²) >= 11 is 1.40. The Balaban J connectivity index is 1.36. The van der Waals surface area contributed by atoms with Gasteiger partial charge in [0.25, 0.3) is 11.5 Å². The van der Waals surface area contributed by atoms with Crippen LogP contribution in [0, 0.1) is 0 Å². The van der Waals surface area contributed by atoms with E-state index in [1.165, 1.54) is 22.2 Å². The number of ether oxygens (including phenoxy) is 1. The highest BCUT2D eigenvalue weighted by Gasteiger charge is 2.31. The maximum atomic E-state index is 12.5. The van der Waals surface area contributed by atoms with Gasteiger partial charge in [-0.1, -0.05) is 0 Å². The van der Waals surface area contributed by atoms with Gasteiger partial charge in [-0.2, -0.15) is 0 Å². The SMILES string of the molecule is O=C(Cn1cnc2sccc2c1=O)N1CCN(C(=O)[C@@H]2CCCO2)CC1. The predicted molar refractivity (Wildman–Crippen MR) is 96.0 cm³/mol. The van der Waals surface area contributed by atoms with Crippen LogP contribution in [0.15, 0.2) is 22.6 Å². The molecule has 2 aromatic rings. The van der Waals surface area contributed by atoms with E-state index in [1.54, 1.807) is 15.9 Å². The monoisotopic (exact) mass is 376 g/mol. The molecule has 0 unspecified atom stereocenters. The highest BCUT2D eigenvalue weighted by molar-refractivity contribution is 7.16. The Morgan fingerprint density at radius 2 is 2.00 bits per heavy atom. The number of hydrogen-bond donors (Lipinski definition) is 0. The fourth-order valence-corrected chi connectivity index (χ4v) is 4.13. The van der Waals surface area contributed by atoms with Gasteiger partial charge < -0.3 is 14.5 Å². The van der Waals surface area contributed by atoms with E-state index in [0.717, 1.165) is 12.8 Å². The lowest BCUT2D eigenvalue weighted by molar-refractivity contribution is -0.146. The van der Waals surface area contributed by atoms with Crippen LogP contribution in [0.25, 0.3) is 10.2 Å². The van der Waals surface area contributed by atoms with Crippen molar-refractivity contribution in [3.63, 3.8) is 0 Å². The van der Waals surface area contributed by atoms with Gasteiger partial charge in [0.2, 0.25) is 5.91 Å².